The number of methoxy groups -OCH3 is 2. The summed E-state index contributed by atoms with van der Waals surface area (Å²) < 4.78 is 29.4. The molecule has 0 amide bonds. The molecule has 0 aliphatic heterocycles. The Balaban J connectivity index is 2.47. The van der Waals surface area contributed by atoms with Crippen molar-refractivity contribution in [1.82, 2.24) is 0 Å². The quantitative estimate of drug-likeness (QED) is 0.217. The molecule has 0 aromatic heterocycles. The van der Waals surface area contributed by atoms with Crippen LogP contribution in [0.2, 0.25) is 0 Å². The van der Waals surface area contributed by atoms with E-state index >= 15 is 0 Å². The lowest BCUT2D eigenvalue weighted by Gasteiger charge is -2.44. The molecule has 1 fully saturated rings. The van der Waals surface area contributed by atoms with E-state index in [0.717, 1.165) is 25.7 Å². The molecule has 7 heteroatoms. The van der Waals surface area contributed by atoms with Crippen LogP contribution in [-0.4, -0.2) is 37.7 Å². The molecule has 1 aliphatic rings. The number of ether oxygens (including phenoxy) is 3. The minimum Gasteiger partial charge on any atom is -0.496 e. The van der Waals surface area contributed by atoms with Crippen LogP contribution in [-0.2, 0) is 14.1 Å². The Morgan fingerprint density at radius 3 is 2.03 bits per heavy atom. The van der Waals surface area contributed by atoms with Crippen molar-refractivity contribution in [3.63, 3.8) is 0 Å². The van der Waals surface area contributed by atoms with E-state index in [4.69, 9.17) is 14.2 Å². The monoisotopic (exact) mass is 478 g/mol. The molecule has 2 unspecified atom stereocenters. The van der Waals surface area contributed by atoms with Gasteiger partial charge in [-0.3, -0.25) is 14.2 Å². The molecule has 0 saturated heterocycles. The predicted molar refractivity (Wildman–Crippen MR) is 130 cm³/mol. The molecule has 2 atom stereocenters. The maximum atomic E-state index is 14.2. The fourth-order valence-corrected chi connectivity index (χ4v) is 5.83. The molecule has 2 rings (SSSR count). The van der Waals surface area contributed by atoms with E-state index in [9.17, 15) is 14.2 Å². The van der Waals surface area contributed by atoms with Gasteiger partial charge in [-0.25, -0.2) is 0 Å². The highest BCUT2D eigenvalue weighted by molar-refractivity contribution is 7.28. The van der Waals surface area contributed by atoms with Crippen LogP contribution < -0.4 is 9.47 Å². The van der Waals surface area contributed by atoms with Crippen LogP contribution in [0.5, 0.6) is 11.5 Å². The van der Waals surface area contributed by atoms with Gasteiger partial charge in [0.15, 0.2) is 19.4 Å². The Labute approximate surface area is 200 Å². The third-order valence-electron chi connectivity index (χ3n) is 6.77. The van der Waals surface area contributed by atoms with Crippen LogP contribution in [0.4, 0.5) is 0 Å². The number of carbonyl (C=O) groups excluding carboxylic acids is 2. The first kappa shape index (κ1) is 27.3. The van der Waals surface area contributed by atoms with Crippen LogP contribution in [0.25, 0.3) is 0 Å². The Hall–Kier alpha value is -1.94. The summed E-state index contributed by atoms with van der Waals surface area (Å²) in [6, 6.07) is 5.15. The average Bonchev–Trinajstić information content (AvgIpc) is 2.80. The summed E-state index contributed by atoms with van der Waals surface area (Å²) in [7, 11) is 2.57. The fourth-order valence-electron chi connectivity index (χ4n) is 5.19. The van der Waals surface area contributed by atoms with Crippen molar-refractivity contribution in [2.24, 2.45) is 16.7 Å². The van der Waals surface area contributed by atoms with Crippen molar-refractivity contribution in [2.45, 2.75) is 78.3 Å². The molecule has 1 aromatic rings. The number of hydrogen-bond donors (Lipinski definition) is 0. The molecule has 0 spiro atoms. The van der Waals surface area contributed by atoms with Crippen LogP contribution in [0.1, 0.15) is 83.5 Å². The largest absolute Gasteiger partial charge is 0.496 e. The summed E-state index contributed by atoms with van der Waals surface area (Å²) in [5, 5.41) is -1.52. The Morgan fingerprint density at radius 2 is 1.58 bits per heavy atom. The van der Waals surface area contributed by atoms with Gasteiger partial charge in [-0.1, -0.05) is 53.0 Å². The number of hydrogen-bond acceptors (Lipinski definition) is 6. The molecular weight excluding hydrogens is 439 g/mol. The van der Waals surface area contributed by atoms with Gasteiger partial charge in [0.25, 0.3) is 0 Å². The van der Waals surface area contributed by atoms with Crippen LogP contribution in [0.15, 0.2) is 18.2 Å². The van der Waals surface area contributed by atoms with E-state index in [1.807, 2.05) is 6.92 Å². The number of rotatable bonds is 10. The summed E-state index contributed by atoms with van der Waals surface area (Å²) in [5.41, 5.74) is -0.790. The number of ketones is 1. The lowest BCUT2D eigenvalue weighted by Crippen LogP contribution is -2.54. The number of esters is 1. The average molecular weight is 479 g/mol. The lowest BCUT2D eigenvalue weighted by molar-refractivity contribution is -0.151. The Morgan fingerprint density at radius 1 is 1.03 bits per heavy atom. The van der Waals surface area contributed by atoms with Crippen LogP contribution in [0, 0.1) is 16.7 Å². The van der Waals surface area contributed by atoms with Crippen molar-refractivity contribution in [1.29, 1.82) is 0 Å². The molecule has 1 saturated carbocycles. The maximum Gasteiger partial charge on any atom is 0.324 e. The molecule has 184 valence electrons. The standard InChI is InChI=1S/C26H39O6P/c1-18(16-24(2,3)4)17-32-23(28)25(5,33-29)26(14-9-8-10-15-26)22(27)21-19(30-6)12-11-13-20(21)31-7/h11-13,18H,8-10,14-17H2,1-7H3. The highest BCUT2D eigenvalue weighted by Gasteiger charge is 2.60. The highest BCUT2D eigenvalue weighted by atomic mass is 31.1. The van der Waals surface area contributed by atoms with E-state index in [-0.39, 0.29) is 29.3 Å². The van der Waals surface area contributed by atoms with E-state index < -0.39 is 25.0 Å². The van der Waals surface area contributed by atoms with Crippen molar-refractivity contribution >= 4 is 20.2 Å². The number of carbonyl (C=O) groups is 2. The van der Waals surface area contributed by atoms with Crippen molar-refractivity contribution in [2.75, 3.05) is 20.8 Å². The molecule has 33 heavy (non-hydrogen) atoms. The normalized spacial score (nSPS) is 18.8. The van der Waals surface area contributed by atoms with E-state index in [1.54, 1.807) is 25.1 Å². The van der Waals surface area contributed by atoms with Gasteiger partial charge < -0.3 is 14.2 Å². The Bertz CT molecular complexity index is 831. The minimum absolute atomic E-state index is 0.104. The first-order valence-electron chi connectivity index (χ1n) is 11.7. The van der Waals surface area contributed by atoms with Gasteiger partial charge in [0.1, 0.15) is 17.1 Å². The topological polar surface area (TPSA) is 78.9 Å². The van der Waals surface area contributed by atoms with Crippen molar-refractivity contribution in [3.05, 3.63) is 23.8 Å². The molecule has 0 heterocycles. The molecule has 0 N–H and O–H groups in total. The minimum atomic E-state index is -1.52. The SMILES string of the molecule is COc1cccc(OC)c1C(=O)C1(C(C)(P=O)C(=O)OCC(C)CC(C)(C)C)CCCCC1. The van der Waals surface area contributed by atoms with Gasteiger partial charge in [0.2, 0.25) is 0 Å². The second-order valence-corrected chi connectivity index (χ2v) is 11.7. The van der Waals surface area contributed by atoms with Crippen LogP contribution >= 0.6 is 8.46 Å². The zero-order valence-electron chi connectivity index (χ0n) is 21.2. The maximum absolute atomic E-state index is 14.2. The molecular formula is C26H39O6P. The van der Waals surface area contributed by atoms with Crippen molar-refractivity contribution in [3.8, 4) is 11.5 Å². The van der Waals surface area contributed by atoms with Gasteiger partial charge in [0.05, 0.1) is 26.2 Å². The Kier molecular flexibility index (Phi) is 9.09. The van der Waals surface area contributed by atoms with E-state index in [1.165, 1.54) is 14.2 Å². The lowest BCUT2D eigenvalue weighted by atomic mass is 9.61. The second-order valence-electron chi connectivity index (χ2n) is 10.6. The van der Waals surface area contributed by atoms with Gasteiger partial charge >= 0.3 is 5.97 Å². The number of Topliss-reactive ketones (excluding diaryl/α,β-unsaturated/α-hetero) is 1. The highest BCUT2D eigenvalue weighted by Crippen LogP contribution is 2.55. The predicted octanol–water partition coefficient (Wildman–Crippen LogP) is 6.50. The van der Waals surface area contributed by atoms with E-state index in [2.05, 4.69) is 20.8 Å². The molecule has 1 aromatic carbocycles. The van der Waals surface area contributed by atoms with Crippen molar-refractivity contribution < 1.29 is 28.4 Å². The van der Waals surface area contributed by atoms with Crippen LogP contribution in [0.3, 0.4) is 0 Å². The zero-order valence-corrected chi connectivity index (χ0v) is 22.1. The van der Waals surface area contributed by atoms with Gasteiger partial charge in [-0.2, -0.15) is 0 Å². The second kappa shape index (κ2) is 11.0. The molecule has 0 bridgehead atoms. The summed E-state index contributed by atoms with van der Waals surface area (Å²) in [5.74, 6) is 0.0303. The first-order valence-corrected chi connectivity index (χ1v) is 12.5. The van der Waals surface area contributed by atoms with Gasteiger partial charge in [-0.15, -0.1) is 0 Å². The zero-order chi connectivity index (χ0) is 24.9. The summed E-state index contributed by atoms with van der Waals surface area (Å²) in [4.78, 5) is 27.7. The fraction of sp³-hybridized carbons (Fsp3) is 0.692. The third kappa shape index (κ3) is 5.77. The summed E-state index contributed by atoms with van der Waals surface area (Å²) in [6.45, 7) is 10.3. The van der Waals surface area contributed by atoms with Gasteiger partial charge in [0, 0.05) is 0 Å². The third-order valence-corrected chi connectivity index (χ3v) is 7.74. The molecule has 0 radical (unpaired) electrons. The first-order chi connectivity index (χ1) is 15.5. The molecule has 6 nitrogen and oxygen atoms in total. The molecule has 1 aliphatic carbocycles. The summed E-state index contributed by atoms with van der Waals surface area (Å²) in [6.07, 6.45) is 4.27. The smallest absolute Gasteiger partial charge is 0.324 e. The van der Waals surface area contributed by atoms with E-state index in [0.29, 0.717) is 24.3 Å². The summed E-state index contributed by atoms with van der Waals surface area (Å²) >= 11 is 0. The number of benzene rings is 1. The van der Waals surface area contributed by atoms with Gasteiger partial charge in [-0.05, 0) is 49.7 Å².